The molecule has 0 N–H and O–H groups in total. The Bertz CT molecular complexity index is 224. The molecule has 0 aromatic carbocycles. The maximum atomic E-state index is 11.6. The molecule has 0 atom stereocenters. The van der Waals surface area contributed by atoms with Gasteiger partial charge in [-0.15, -0.1) is 0 Å². The van der Waals surface area contributed by atoms with Crippen molar-refractivity contribution in [2.24, 2.45) is 7.05 Å². The van der Waals surface area contributed by atoms with Gasteiger partial charge in [-0.1, -0.05) is 0 Å². The summed E-state index contributed by atoms with van der Waals surface area (Å²) in [4.78, 5) is 0. The fourth-order valence-electron chi connectivity index (χ4n) is 0.633. The molecular formula is C6H8F2N2O. The highest BCUT2D eigenvalue weighted by molar-refractivity contribution is 5.11. The molecule has 0 saturated heterocycles. The van der Waals surface area contributed by atoms with E-state index in [-0.39, 0.29) is 0 Å². The minimum atomic E-state index is -2.43. The summed E-state index contributed by atoms with van der Waals surface area (Å²) in [5.74, 6) is 0.368. The second-order valence-electron chi connectivity index (χ2n) is 2.05. The zero-order valence-corrected chi connectivity index (χ0v) is 6.00. The van der Waals surface area contributed by atoms with Gasteiger partial charge < -0.3 is 4.74 Å². The summed E-state index contributed by atoms with van der Waals surface area (Å²) in [5, 5.41) is 3.74. The van der Waals surface area contributed by atoms with Crippen LogP contribution < -0.4 is 4.74 Å². The smallest absolute Gasteiger partial charge is 0.272 e. The molecular weight excluding hydrogens is 154 g/mol. The molecule has 1 heterocycles. The number of nitrogens with zero attached hydrogens (tertiary/aromatic N) is 2. The molecule has 1 aromatic rings. The summed E-state index contributed by atoms with van der Waals surface area (Å²) in [7, 11) is 1.69. The largest absolute Gasteiger partial charge is 0.484 e. The third kappa shape index (κ3) is 2.53. The molecule has 0 fully saturated rings. The lowest BCUT2D eigenvalue weighted by Crippen LogP contribution is -2.06. The molecule has 62 valence electrons. The molecule has 0 aliphatic rings. The van der Waals surface area contributed by atoms with Gasteiger partial charge in [-0.05, 0) is 0 Å². The molecule has 0 spiro atoms. The predicted octanol–water partition coefficient (Wildman–Crippen LogP) is 1.06. The van der Waals surface area contributed by atoms with Crippen LogP contribution in [0, 0.1) is 0 Å². The van der Waals surface area contributed by atoms with Crippen LogP contribution in [0.25, 0.3) is 0 Å². The maximum Gasteiger partial charge on any atom is 0.272 e. The van der Waals surface area contributed by atoms with Gasteiger partial charge in [0.05, 0.1) is 12.4 Å². The molecule has 0 radical (unpaired) electrons. The predicted molar refractivity (Wildman–Crippen MR) is 34.7 cm³/mol. The zero-order valence-electron chi connectivity index (χ0n) is 6.00. The summed E-state index contributed by atoms with van der Waals surface area (Å²) < 4.78 is 29.3. The lowest BCUT2D eigenvalue weighted by Gasteiger charge is -1.99. The van der Waals surface area contributed by atoms with E-state index in [1.807, 2.05) is 0 Å². The SMILES string of the molecule is Cn1cc(OCC(F)F)cn1. The molecule has 5 heteroatoms. The Morgan fingerprint density at radius 2 is 2.45 bits per heavy atom. The molecule has 0 saturated carbocycles. The Morgan fingerprint density at radius 1 is 1.73 bits per heavy atom. The molecule has 0 bridgehead atoms. The Morgan fingerprint density at radius 3 is 2.91 bits per heavy atom. The van der Waals surface area contributed by atoms with Crippen LogP contribution in [0.15, 0.2) is 12.4 Å². The summed E-state index contributed by atoms with van der Waals surface area (Å²) in [6.07, 6.45) is 0.486. The van der Waals surface area contributed by atoms with Crippen LogP contribution in [-0.2, 0) is 7.05 Å². The quantitative estimate of drug-likeness (QED) is 0.664. The van der Waals surface area contributed by atoms with E-state index in [2.05, 4.69) is 9.84 Å². The summed E-state index contributed by atoms with van der Waals surface area (Å²) in [6, 6.07) is 0. The van der Waals surface area contributed by atoms with Crippen LogP contribution in [0.2, 0.25) is 0 Å². The second-order valence-corrected chi connectivity index (χ2v) is 2.05. The lowest BCUT2D eigenvalue weighted by atomic mass is 10.6. The van der Waals surface area contributed by atoms with E-state index in [9.17, 15) is 8.78 Å². The first-order chi connectivity index (χ1) is 5.18. The molecule has 11 heavy (non-hydrogen) atoms. The van der Waals surface area contributed by atoms with Crippen molar-refractivity contribution in [2.75, 3.05) is 6.61 Å². The summed E-state index contributed by atoms with van der Waals surface area (Å²) in [5.41, 5.74) is 0. The van der Waals surface area contributed by atoms with Crippen molar-refractivity contribution >= 4 is 0 Å². The average molecular weight is 162 g/mol. The van der Waals surface area contributed by atoms with Gasteiger partial charge in [0.1, 0.15) is 6.61 Å². The van der Waals surface area contributed by atoms with E-state index >= 15 is 0 Å². The van der Waals surface area contributed by atoms with Crippen molar-refractivity contribution in [3.05, 3.63) is 12.4 Å². The van der Waals surface area contributed by atoms with Crippen molar-refractivity contribution in [2.45, 2.75) is 6.43 Å². The van der Waals surface area contributed by atoms with Gasteiger partial charge in [-0.2, -0.15) is 5.10 Å². The Kier molecular flexibility index (Phi) is 2.40. The fraction of sp³-hybridized carbons (Fsp3) is 0.500. The zero-order chi connectivity index (χ0) is 8.27. The van der Waals surface area contributed by atoms with Gasteiger partial charge in [0.15, 0.2) is 5.75 Å². The first-order valence-corrected chi connectivity index (χ1v) is 3.08. The van der Waals surface area contributed by atoms with Gasteiger partial charge in [0.25, 0.3) is 6.43 Å². The third-order valence-corrected chi connectivity index (χ3v) is 1.06. The first kappa shape index (κ1) is 7.97. The lowest BCUT2D eigenvalue weighted by molar-refractivity contribution is 0.0818. The Labute approximate surface area is 62.6 Å². The van der Waals surface area contributed by atoms with Crippen LogP contribution in [0.4, 0.5) is 8.78 Å². The molecule has 0 aliphatic heterocycles. The van der Waals surface area contributed by atoms with Crippen molar-refractivity contribution in [1.82, 2.24) is 9.78 Å². The molecule has 0 unspecified atom stereocenters. The molecule has 0 aliphatic carbocycles. The van der Waals surface area contributed by atoms with Crippen molar-refractivity contribution < 1.29 is 13.5 Å². The van der Waals surface area contributed by atoms with E-state index in [4.69, 9.17) is 0 Å². The first-order valence-electron chi connectivity index (χ1n) is 3.08. The Hall–Kier alpha value is -1.13. The number of hydrogen-bond acceptors (Lipinski definition) is 2. The van der Waals surface area contributed by atoms with E-state index in [0.717, 1.165) is 0 Å². The minimum absolute atomic E-state index is 0.368. The monoisotopic (exact) mass is 162 g/mol. The van der Waals surface area contributed by atoms with Gasteiger partial charge in [-0.3, -0.25) is 4.68 Å². The van der Waals surface area contributed by atoms with Gasteiger partial charge >= 0.3 is 0 Å². The van der Waals surface area contributed by atoms with Gasteiger partial charge in [0, 0.05) is 7.05 Å². The van der Waals surface area contributed by atoms with E-state index < -0.39 is 13.0 Å². The standard InChI is InChI=1S/C6H8F2N2O/c1-10-3-5(2-9-10)11-4-6(7)8/h2-3,6H,4H2,1H3. The highest BCUT2D eigenvalue weighted by atomic mass is 19.3. The number of alkyl halides is 2. The van der Waals surface area contributed by atoms with Crippen molar-refractivity contribution in [3.63, 3.8) is 0 Å². The van der Waals surface area contributed by atoms with Crippen LogP contribution in [0.1, 0.15) is 0 Å². The summed E-state index contributed by atoms with van der Waals surface area (Å²) in [6.45, 7) is -0.578. The van der Waals surface area contributed by atoms with E-state index in [1.54, 1.807) is 7.05 Å². The third-order valence-electron chi connectivity index (χ3n) is 1.06. The van der Waals surface area contributed by atoms with Crippen LogP contribution in [0.5, 0.6) is 5.75 Å². The van der Waals surface area contributed by atoms with Crippen LogP contribution >= 0.6 is 0 Å². The number of rotatable bonds is 3. The van der Waals surface area contributed by atoms with E-state index in [1.165, 1.54) is 17.1 Å². The van der Waals surface area contributed by atoms with Crippen LogP contribution in [0.3, 0.4) is 0 Å². The minimum Gasteiger partial charge on any atom is -0.484 e. The van der Waals surface area contributed by atoms with Crippen molar-refractivity contribution in [1.29, 1.82) is 0 Å². The highest BCUT2D eigenvalue weighted by Gasteiger charge is 2.03. The number of aryl methyl sites for hydroxylation is 1. The molecule has 1 aromatic heterocycles. The molecule has 3 nitrogen and oxygen atoms in total. The average Bonchev–Trinajstić information content (AvgIpc) is 2.31. The van der Waals surface area contributed by atoms with E-state index in [0.29, 0.717) is 5.75 Å². The normalized spacial score (nSPS) is 10.5. The van der Waals surface area contributed by atoms with Crippen molar-refractivity contribution in [3.8, 4) is 5.75 Å². The second kappa shape index (κ2) is 3.32. The topological polar surface area (TPSA) is 27.1 Å². The molecule has 0 amide bonds. The van der Waals surface area contributed by atoms with Gasteiger partial charge in [0.2, 0.25) is 0 Å². The number of aromatic nitrogens is 2. The molecule has 1 rings (SSSR count). The number of halogens is 2. The number of hydrogen-bond donors (Lipinski definition) is 0. The summed E-state index contributed by atoms with van der Waals surface area (Å²) >= 11 is 0. The maximum absolute atomic E-state index is 11.6. The van der Waals surface area contributed by atoms with Gasteiger partial charge in [-0.25, -0.2) is 8.78 Å². The number of ether oxygens (including phenoxy) is 1. The highest BCUT2D eigenvalue weighted by Crippen LogP contribution is 2.07. The van der Waals surface area contributed by atoms with Crippen LogP contribution in [-0.4, -0.2) is 22.8 Å². The fourth-order valence-corrected chi connectivity index (χ4v) is 0.633. The Balaban J connectivity index is 2.39.